The van der Waals surface area contributed by atoms with E-state index in [1.807, 2.05) is 0 Å². The summed E-state index contributed by atoms with van der Waals surface area (Å²) in [6.45, 7) is 9.40. The van der Waals surface area contributed by atoms with Crippen molar-refractivity contribution in [2.24, 2.45) is 11.8 Å². The highest BCUT2D eigenvalue weighted by Gasteiger charge is 2.15. The normalized spacial score (nSPS) is 18.0. The van der Waals surface area contributed by atoms with E-state index in [0.29, 0.717) is 0 Å². The van der Waals surface area contributed by atoms with E-state index in [2.05, 4.69) is 24.5 Å². The van der Waals surface area contributed by atoms with Crippen molar-refractivity contribution >= 4 is 0 Å². The van der Waals surface area contributed by atoms with Gasteiger partial charge in [0.1, 0.15) is 0 Å². The molecule has 1 saturated heterocycles. The highest BCUT2D eigenvalue weighted by Crippen LogP contribution is 2.21. The van der Waals surface area contributed by atoms with Crippen LogP contribution < -0.4 is 10.6 Å². The second kappa shape index (κ2) is 9.90. The highest BCUT2D eigenvalue weighted by molar-refractivity contribution is 4.74. The summed E-state index contributed by atoms with van der Waals surface area (Å²) in [7, 11) is 0. The smallest absolute Gasteiger partial charge is 0.000826 e. The van der Waals surface area contributed by atoms with Crippen LogP contribution in [0.4, 0.5) is 0 Å². The van der Waals surface area contributed by atoms with E-state index in [0.717, 1.165) is 18.4 Å². The minimum absolute atomic E-state index is 0.971. The molecule has 102 valence electrons. The molecule has 2 heteroatoms. The van der Waals surface area contributed by atoms with Gasteiger partial charge in [0.25, 0.3) is 0 Å². The predicted molar refractivity (Wildman–Crippen MR) is 76.4 cm³/mol. The van der Waals surface area contributed by atoms with Gasteiger partial charge in [0, 0.05) is 0 Å². The molecule has 1 aliphatic heterocycles. The van der Waals surface area contributed by atoms with E-state index in [-0.39, 0.29) is 0 Å². The molecule has 0 aromatic rings. The van der Waals surface area contributed by atoms with Gasteiger partial charge in [-0.2, -0.15) is 0 Å². The lowest BCUT2D eigenvalue weighted by Crippen LogP contribution is -2.41. The topological polar surface area (TPSA) is 24.1 Å². The van der Waals surface area contributed by atoms with Crippen molar-refractivity contribution in [3.8, 4) is 0 Å². The minimum atomic E-state index is 0.971. The Morgan fingerprint density at radius 3 is 2.53 bits per heavy atom. The van der Waals surface area contributed by atoms with Gasteiger partial charge in [0.2, 0.25) is 0 Å². The average molecular weight is 240 g/mol. The molecule has 1 unspecified atom stereocenters. The Kier molecular flexibility index (Phi) is 8.72. The summed E-state index contributed by atoms with van der Waals surface area (Å²) in [5.74, 6) is 1.97. The Balaban J connectivity index is 1.97. The van der Waals surface area contributed by atoms with Gasteiger partial charge in [-0.15, -0.1) is 0 Å². The number of nitrogens with one attached hydrogen (secondary N) is 2. The highest BCUT2D eigenvalue weighted by atomic mass is 14.9. The van der Waals surface area contributed by atoms with Crippen LogP contribution in [-0.4, -0.2) is 26.2 Å². The lowest BCUT2D eigenvalue weighted by molar-refractivity contribution is 0.307. The van der Waals surface area contributed by atoms with E-state index >= 15 is 0 Å². The van der Waals surface area contributed by atoms with E-state index in [9.17, 15) is 0 Å². The van der Waals surface area contributed by atoms with Gasteiger partial charge in [0.15, 0.2) is 0 Å². The second-order valence-corrected chi connectivity index (χ2v) is 5.61. The fourth-order valence-electron chi connectivity index (χ4n) is 2.74. The molecule has 17 heavy (non-hydrogen) atoms. The first-order valence-corrected chi connectivity index (χ1v) is 7.78. The van der Waals surface area contributed by atoms with Crippen molar-refractivity contribution in [2.45, 2.75) is 58.8 Å². The number of rotatable bonds is 11. The fraction of sp³-hybridized carbons (Fsp3) is 1.00. The molecule has 1 atom stereocenters. The average Bonchev–Trinajstić information content (AvgIpc) is 2.26. The SMILES string of the molecule is CCCC(CCCCC1CNC1)CCNCC. The first kappa shape index (κ1) is 15.0. The molecule has 0 bridgehead atoms. The lowest BCUT2D eigenvalue weighted by Gasteiger charge is -2.27. The molecule has 0 radical (unpaired) electrons. The van der Waals surface area contributed by atoms with Crippen LogP contribution in [-0.2, 0) is 0 Å². The summed E-state index contributed by atoms with van der Waals surface area (Å²) in [6, 6.07) is 0. The summed E-state index contributed by atoms with van der Waals surface area (Å²) in [6.07, 6.45) is 9.98. The van der Waals surface area contributed by atoms with Crippen molar-refractivity contribution in [3.05, 3.63) is 0 Å². The van der Waals surface area contributed by atoms with Crippen LogP contribution in [0, 0.1) is 11.8 Å². The molecule has 0 spiro atoms. The predicted octanol–water partition coefficient (Wildman–Crippen LogP) is 3.18. The summed E-state index contributed by atoms with van der Waals surface area (Å²) in [4.78, 5) is 0. The maximum absolute atomic E-state index is 3.46. The molecule has 0 amide bonds. The molecule has 0 aromatic carbocycles. The molecule has 2 N–H and O–H groups in total. The van der Waals surface area contributed by atoms with Crippen LogP contribution in [0.3, 0.4) is 0 Å². The molecule has 1 heterocycles. The van der Waals surface area contributed by atoms with Gasteiger partial charge >= 0.3 is 0 Å². The van der Waals surface area contributed by atoms with Crippen molar-refractivity contribution in [2.75, 3.05) is 26.2 Å². The number of hydrogen-bond acceptors (Lipinski definition) is 2. The van der Waals surface area contributed by atoms with Gasteiger partial charge in [-0.05, 0) is 50.9 Å². The fourth-order valence-corrected chi connectivity index (χ4v) is 2.74. The number of unbranched alkanes of at least 4 members (excludes halogenated alkanes) is 1. The largest absolute Gasteiger partial charge is 0.317 e. The van der Waals surface area contributed by atoms with Crippen LogP contribution >= 0.6 is 0 Å². The quantitative estimate of drug-likeness (QED) is 0.542. The summed E-state index contributed by atoms with van der Waals surface area (Å²) in [5.41, 5.74) is 0. The maximum Gasteiger partial charge on any atom is -0.000826 e. The van der Waals surface area contributed by atoms with Gasteiger partial charge in [0.05, 0.1) is 0 Å². The van der Waals surface area contributed by atoms with Gasteiger partial charge < -0.3 is 10.6 Å². The Hall–Kier alpha value is -0.0800. The number of hydrogen-bond donors (Lipinski definition) is 2. The molecular weight excluding hydrogens is 208 g/mol. The van der Waals surface area contributed by atoms with Crippen molar-refractivity contribution in [1.82, 2.24) is 10.6 Å². The standard InChI is InChI=1S/C15H32N2/c1-3-7-14(10-11-16-4-2)8-5-6-9-15-12-17-13-15/h14-17H,3-13H2,1-2H3. The molecule has 1 aliphatic rings. The van der Waals surface area contributed by atoms with Gasteiger partial charge in [-0.3, -0.25) is 0 Å². The molecule has 0 aliphatic carbocycles. The zero-order chi connectivity index (χ0) is 12.3. The minimum Gasteiger partial charge on any atom is -0.317 e. The Morgan fingerprint density at radius 1 is 1.12 bits per heavy atom. The van der Waals surface area contributed by atoms with Crippen LogP contribution in [0.5, 0.6) is 0 Å². The molecule has 2 nitrogen and oxygen atoms in total. The summed E-state index contributed by atoms with van der Waals surface area (Å²) < 4.78 is 0. The molecule has 0 saturated carbocycles. The van der Waals surface area contributed by atoms with Gasteiger partial charge in [-0.25, -0.2) is 0 Å². The first-order chi connectivity index (χ1) is 8.36. The zero-order valence-electron chi connectivity index (χ0n) is 11.9. The van der Waals surface area contributed by atoms with Crippen molar-refractivity contribution < 1.29 is 0 Å². The molecule has 0 aromatic heterocycles. The summed E-state index contributed by atoms with van der Waals surface area (Å²) >= 11 is 0. The first-order valence-electron chi connectivity index (χ1n) is 7.78. The monoisotopic (exact) mass is 240 g/mol. The van der Waals surface area contributed by atoms with Crippen LogP contribution in [0.25, 0.3) is 0 Å². The third kappa shape index (κ3) is 7.05. The third-order valence-corrected chi connectivity index (χ3v) is 4.02. The Bertz CT molecular complexity index is 166. The molecule has 1 fully saturated rings. The molecular formula is C15H32N2. The van der Waals surface area contributed by atoms with Crippen molar-refractivity contribution in [1.29, 1.82) is 0 Å². The lowest BCUT2D eigenvalue weighted by atomic mass is 9.90. The summed E-state index contributed by atoms with van der Waals surface area (Å²) in [5, 5.41) is 6.81. The van der Waals surface area contributed by atoms with E-state index < -0.39 is 0 Å². The van der Waals surface area contributed by atoms with E-state index in [4.69, 9.17) is 0 Å². The van der Waals surface area contributed by atoms with Crippen LogP contribution in [0.2, 0.25) is 0 Å². The van der Waals surface area contributed by atoms with Crippen LogP contribution in [0.1, 0.15) is 58.8 Å². The van der Waals surface area contributed by atoms with Crippen molar-refractivity contribution in [3.63, 3.8) is 0 Å². The van der Waals surface area contributed by atoms with Crippen LogP contribution in [0.15, 0.2) is 0 Å². The maximum atomic E-state index is 3.46. The van der Waals surface area contributed by atoms with E-state index in [1.54, 1.807) is 0 Å². The molecule has 1 rings (SSSR count). The second-order valence-electron chi connectivity index (χ2n) is 5.61. The Labute approximate surface area is 108 Å². The zero-order valence-corrected chi connectivity index (χ0v) is 11.9. The van der Waals surface area contributed by atoms with Gasteiger partial charge in [-0.1, -0.05) is 46.0 Å². The third-order valence-electron chi connectivity index (χ3n) is 4.02. The van der Waals surface area contributed by atoms with E-state index in [1.165, 1.54) is 64.6 Å². The Morgan fingerprint density at radius 2 is 1.94 bits per heavy atom.